The van der Waals surface area contributed by atoms with Crippen molar-refractivity contribution in [1.82, 2.24) is 15.1 Å². The van der Waals surface area contributed by atoms with Crippen molar-refractivity contribution in [3.63, 3.8) is 0 Å². The molecule has 2 aromatic heterocycles. The van der Waals surface area contributed by atoms with Gasteiger partial charge in [-0.15, -0.1) is 10.2 Å². The fraction of sp³-hybridized carbons (Fsp3) is 0.250. The molecule has 3 heterocycles. The number of rotatable bonds is 4. The molecule has 1 N–H and O–H groups in total. The molecule has 0 unspecified atom stereocenters. The zero-order valence-corrected chi connectivity index (χ0v) is 15.1. The Labute approximate surface area is 157 Å². The SMILES string of the molecule is CN1CCN(c2ccc(-c3ccc(NC(=O)c4ccco4)cc3)nn2)CC1. The molecule has 7 heteroatoms. The number of amides is 1. The highest BCUT2D eigenvalue weighted by Crippen LogP contribution is 2.21. The maximum absolute atomic E-state index is 12.0. The molecule has 1 amide bonds. The van der Waals surface area contributed by atoms with Crippen LogP contribution in [0.2, 0.25) is 0 Å². The van der Waals surface area contributed by atoms with E-state index < -0.39 is 0 Å². The second-order valence-corrected chi connectivity index (χ2v) is 6.58. The number of carbonyl (C=O) groups is 1. The van der Waals surface area contributed by atoms with Crippen LogP contribution in [0.15, 0.2) is 59.2 Å². The first-order chi connectivity index (χ1) is 13.2. The average molecular weight is 363 g/mol. The number of piperazine rings is 1. The number of hydrogen-bond donors (Lipinski definition) is 1. The summed E-state index contributed by atoms with van der Waals surface area (Å²) in [5, 5.41) is 11.5. The van der Waals surface area contributed by atoms with Crippen LogP contribution in [-0.2, 0) is 0 Å². The molecule has 0 saturated carbocycles. The minimum absolute atomic E-state index is 0.274. The molecule has 4 rings (SSSR count). The van der Waals surface area contributed by atoms with Gasteiger partial charge in [-0.3, -0.25) is 4.79 Å². The minimum Gasteiger partial charge on any atom is -0.459 e. The third-order valence-electron chi connectivity index (χ3n) is 4.66. The van der Waals surface area contributed by atoms with E-state index in [1.165, 1.54) is 6.26 Å². The van der Waals surface area contributed by atoms with E-state index in [-0.39, 0.29) is 11.7 Å². The number of nitrogens with zero attached hydrogens (tertiary/aromatic N) is 4. The molecule has 1 aliphatic rings. The Morgan fingerprint density at radius 2 is 1.78 bits per heavy atom. The van der Waals surface area contributed by atoms with E-state index in [4.69, 9.17) is 4.42 Å². The van der Waals surface area contributed by atoms with Crippen LogP contribution in [0.5, 0.6) is 0 Å². The van der Waals surface area contributed by atoms with Gasteiger partial charge in [-0.05, 0) is 43.4 Å². The maximum atomic E-state index is 12.0. The summed E-state index contributed by atoms with van der Waals surface area (Å²) in [5.74, 6) is 0.919. The molecule has 0 aliphatic carbocycles. The number of anilines is 2. The molecule has 0 atom stereocenters. The van der Waals surface area contributed by atoms with E-state index in [1.807, 2.05) is 36.4 Å². The third kappa shape index (κ3) is 3.98. The number of benzene rings is 1. The van der Waals surface area contributed by atoms with Gasteiger partial charge in [-0.25, -0.2) is 0 Å². The van der Waals surface area contributed by atoms with Crippen LogP contribution >= 0.6 is 0 Å². The summed E-state index contributed by atoms with van der Waals surface area (Å²) in [6.07, 6.45) is 1.47. The quantitative estimate of drug-likeness (QED) is 0.768. The monoisotopic (exact) mass is 363 g/mol. The van der Waals surface area contributed by atoms with Crippen LogP contribution in [0.25, 0.3) is 11.3 Å². The molecule has 7 nitrogen and oxygen atoms in total. The summed E-state index contributed by atoms with van der Waals surface area (Å²) >= 11 is 0. The highest BCUT2D eigenvalue weighted by atomic mass is 16.3. The van der Waals surface area contributed by atoms with E-state index in [1.54, 1.807) is 12.1 Å². The van der Waals surface area contributed by atoms with Gasteiger partial charge < -0.3 is 19.5 Å². The Morgan fingerprint density at radius 1 is 1.00 bits per heavy atom. The van der Waals surface area contributed by atoms with Gasteiger partial charge in [-0.2, -0.15) is 0 Å². The Kier molecular flexibility index (Phi) is 4.84. The van der Waals surface area contributed by atoms with Crippen LogP contribution < -0.4 is 10.2 Å². The molecule has 1 fully saturated rings. The molecule has 27 heavy (non-hydrogen) atoms. The summed E-state index contributed by atoms with van der Waals surface area (Å²) in [7, 11) is 2.13. The molecular formula is C20H21N5O2. The van der Waals surface area contributed by atoms with E-state index in [9.17, 15) is 4.79 Å². The first kappa shape index (κ1) is 17.2. The zero-order chi connectivity index (χ0) is 18.6. The first-order valence-electron chi connectivity index (χ1n) is 8.91. The van der Waals surface area contributed by atoms with Crippen LogP contribution in [0, 0.1) is 0 Å². The van der Waals surface area contributed by atoms with Crippen LogP contribution in [0.1, 0.15) is 10.6 Å². The second kappa shape index (κ2) is 7.59. The van der Waals surface area contributed by atoms with Crippen molar-refractivity contribution in [1.29, 1.82) is 0 Å². The van der Waals surface area contributed by atoms with Crippen molar-refractivity contribution in [2.24, 2.45) is 0 Å². The molecular weight excluding hydrogens is 342 g/mol. The van der Waals surface area contributed by atoms with Crippen molar-refractivity contribution in [3.8, 4) is 11.3 Å². The van der Waals surface area contributed by atoms with Gasteiger partial charge >= 0.3 is 0 Å². The fourth-order valence-electron chi connectivity index (χ4n) is 3.01. The lowest BCUT2D eigenvalue weighted by molar-refractivity contribution is 0.0996. The van der Waals surface area contributed by atoms with Crippen molar-refractivity contribution < 1.29 is 9.21 Å². The largest absolute Gasteiger partial charge is 0.459 e. The van der Waals surface area contributed by atoms with Crippen LogP contribution in [0.3, 0.4) is 0 Å². The Balaban J connectivity index is 1.42. The van der Waals surface area contributed by atoms with Gasteiger partial charge in [0.2, 0.25) is 0 Å². The zero-order valence-electron chi connectivity index (χ0n) is 15.1. The number of aromatic nitrogens is 2. The van der Waals surface area contributed by atoms with Gasteiger partial charge in [0.15, 0.2) is 11.6 Å². The summed E-state index contributed by atoms with van der Waals surface area (Å²) < 4.78 is 5.09. The summed E-state index contributed by atoms with van der Waals surface area (Å²) in [5.41, 5.74) is 2.45. The molecule has 0 radical (unpaired) electrons. The Hall–Kier alpha value is -3.19. The number of carbonyl (C=O) groups excluding carboxylic acids is 1. The molecule has 0 bridgehead atoms. The number of furan rings is 1. The predicted octanol–water partition coefficient (Wildman–Crippen LogP) is 2.74. The average Bonchev–Trinajstić information content (AvgIpc) is 3.24. The van der Waals surface area contributed by atoms with Crippen LogP contribution in [-0.4, -0.2) is 54.2 Å². The summed E-state index contributed by atoms with van der Waals surface area (Å²) in [6.45, 7) is 4.01. The van der Waals surface area contributed by atoms with E-state index in [0.29, 0.717) is 5.69 Å². The van der Waals surface area contributed by atoms with E-state index >= 15 is 0 Å². The fourth-order valence-corrected chi connectivity index (χ4v) is 3.01. The Morgan fingerprint density at radius 3 is 2.41 bits per heavy atom. The standard InChI is InChI=1S/C20H21N5O2/c1-24-10-12-25(13-11-24)19-9-8-17(22-23-19)15-4-6-16(7-5-15)21-20(26)18-3-2-14-27-18/h2-9,14H,10-13H2,1H3,(H,21,26). The number of hydrogen-bond acceptors (Lipinski definition) is 6. The van der Waals surface area contributed by atoms with E-state index in [2.05, 4.69) is 32.4 Å². The van der Waals surface area contributed by atoms with Gasteiger partial charge in [0, 0.05) is 37.4 Å². The van der Waals surface area contributed by atoms with Gasteiger partial charge in [0.1, 0.15) is 0 Å². The molecule has 3 aromatic rings. The van der Waals surface area contributed by atoms with Crippen molar-refractivity contribution in [2.75, 3.05) is 43.4 Å². The lowest BCUT2D eigenvalue weighted by atomic mass is 10.1. The topological polar surface area (TPSA) is 74.5 Å². The molecule has 1 aliphatic heterocycles. The van der Waals surface area contributed by atoms with E-state index in [0.717, 1.165) is 43.3 Å². The van der Waals surface area contributed by atoms with Gasteiger partial charge in [0.25, 0.3) is 5.91 Å². The summed E-state index contributed by atoms with van der Waals surface area (Å²) in [6, 6.07) is 14.8. The number of nitrogens with one attached hydrogen (secondary N) is 1. The smallest absolute Gasteiger partial charge is 0.291 e. The lowest BCUT2D eigenvalue weighted by Crippen LogP contribution is -2.44. The van der Waals surface area contributed by atoms with Crippen molar-refractivity contribution in [2.45, 2.75) is 0 Å². The van der Waals surface area contributed by atoms with Gasteiger partial charge in [0.05, 0.1) is 12.0 Å². The van der Waals surface area contributed by atoms with Crippen molar-refractivity contribution in [3.05, 3.63) is 60.6 Å². The van der Waals surface area contributed by atoms with Crippen molar-refractivity contribution >= 4 is 17.4 Å². The molecule has 1 saturated heterocycles. The minimum atomic E-state index is -0.274. The Bertz CT molecular complexity index is 883. The lowest BCUT2D eigenvalue weighted by Gasteiger charge is -2.32. The first-order valence-corrected chi connectivity index (χ1v) is 8.91. The highest BCUT2D eigenvalue weighted by Gasteiger charge is 2.15. The normalized spacial score (nSPS) is 14.9. The summed E-state index contributed by atoms with van der Waals surface area (Å²) in [4.78, 5) is 16.6. The third-order valence-corrected chi connectivity index (χ3v) is 4.66. The predicted molar refractivity (Wildman–Crippen MR) is 104 cm³/mol. The maximum Gasteiger partial charge on any atom is 0.291 e. The van der Waals surface area contributed by atoms with Gasteiger partial charge in [-0.1, -0.05) is 12.1 Å². The van der Waals surface area contributed by atoms with Crippen LogP contribution in [0.4, 0.5) is 11.5 Å². The molecule has 0 spiro atoms. The second-order valence-electron chi connectivity index (χ2n) is 6.58. The molecule has 1 aromatic carbocycles. The number of likely N-dealkylation sites (N-methyl/N-ethyl adjacent to an activating group) is 1. The highest BCUT2D eigenvalue weighted by molar-refractivity contribution is 6.02. The molecule has 138 valence electrons.